The van der Waals surface area contributed by atoms with E-state index in [9.17, 15) is 4.39 Å². The van der Waals surface area contributed by atoms with Crippen LogP contribution in [0.4, 0.5) is 10.3 Å². The lowest BCUT2D eigenvalue weighted by atomic mass is 10.1. The monoisotopic (exact) mass is 350 g/mol. The van der Waals surface area contributed by atoms with E-state index in [1.165, 1.54) is 6.07 Å². The van der Waals surface area contributed by atoms with Gasteiger partial charge in [-0.1, -0.05) is 24.3 Å². The number of aromatic nitrogens is 3. The smallest absolute Gasteiger partial charge is 0.225 e. The molecule has 6 heteroatoms. The highest BCUT2D eigenvalue weighted by atomic mass is 19.1. The number of benzene rings is 1. The molecule has 0 radical (unpaired) electrons. The Labute approximate surface area is 151 Å². The van der Waals surface area contributed by atoms with Crippen molar-refractivity contribution in [3.05, 3.63) is 83.7 Å². The zero-order chi connectivity index (χ0) is 17.8. The average molecular weight is 350 g/mol. The van der Waals surface area contributed by atoms with Gasteiger partial charge in [-0.15, -0.1) is 0 Å². The Kier molecular flexibility index (Phi) is 4.84. The number of morpholine rings is 1. The molecule has 2 aromatic heterocycles. The first-order valence-electron chi connectivity index (χ1n) is 8.61. The van der Waals surface area contributed by atoms with Crippen molar-refractivity contribution in [2.75, 3.05) is 24.6 Å². The fraction of sp³-hybridized carbons (Fsp3) is 0.250. The van der Waals surface area contributed by atoms with Crippen LogP contribution in [0.5, 0.6) is 0 Å². The van der Waals surface area contributed by atoms with Crippen molar-refractivity contribution >= 4 is 5.95 Å². The minimum Gasteiger partial charge on any atom is -0.368 e. The maximum Gasteiger partial charge on any atom is 0.225 e. The second kappa shape index (κ2) is 7.58. The number of hydrogen-bond acceptors (Lipinski definition) is 5. The molecule has 1 atom stereocenters. The number of ether oxygens (including phenoxy) is 1. The van der Waals surface area contributed by atoms with Crippen molar-refractivity contribution in [2.24, 2.45) is 0 Å². The molecule has 1 unspecified atom stereocenters. The van der Waals surface area contributed by atoms with Gasteiger partial charge in [-0.2, -0.15) is 0 Å². The molecule has 3 aromatic rings. The van der Waals surface area contributed by atoms with Gasteiger partial charge >= 0.3 is 0 Å². The SMILES string of the molecule is Fc1ccccc1Cc1ccc(C2CN(c3ncccn3)CCO2)nc1. The van der Waals surface area contributed by atoms with Crippen molar-refractivity contribution in [1.82, 2.24) is 15.0 Å². The minimum atomic E-state index is -0.189. The molecule has 1 aliphatic heterocycles. The summed E-state index contributed by atoms with van der Waals surface area (Å²) in [4.78, 5) is 15.2. The van der Waals surface area contributed by atoms with Crippen LogP contribution in [0.1, 0.15) is 22.9 Å². The summed E-state index contributed by atoms with van der Waals surface area (Å²) < 4.78 is 19.7. The fourth-order valence-electron chi connectivity index (χ4n) is 3.06. The van der Waals surface area contributed by atoms with Gasteiger partial charge in [0.1, 0.15) is 11.9 Å². The van der Waals surface area contributed by atoms with E-state index in [0.717, 1.165) is 17.8 Å². The Morgan fingerprint density at radius 3 is 2.65 bits per heavy atom. The Morgan fingerprint density at radius 1 is 1.04 bits per heavy atom. The van der Waals surface area contributed by atoms with Gasteiger partial charge in [0.2, 0.25) is 5.95 Å². The maximum atomic E-state index is 13.8. The van der Waals surface area contributed by atoms with Gasteiger partial charge in [0.25, 0.3) is 0 Å². The van der Waals surface area contributed by atoms with Crippen molar-refractivity contribution < 1.29 is 9.13 Å². The largest absolute Gasteiger partial charge is 0.368 e. The van der Waals surface area contributed by atoms with Crippen molar-refractivity contribution in [3.63, 3.8) is 0 Å². The van der Waals surface area contributed by atoms with Crippen molar-refractivity contribution in [3.8, 4) is 0 Å². The summed E-state index contributed by atoms with van der Waals surface area (Å²) in [6.07, 6.45) is 5.67. The lowest BCUT2D eigenvalue weighted by molar-refractivity contribution is 0.0364. The molecule has 3 heterocycles. The number of rotatable bonds is 4. The fourth-order valence-corrected chi connectivity index (χ4v) is 3.06. The third kappa shape index (κ3) is 3.70. The second-order valence-electron chi connectivity index (χ2n) is 6.21. The molecule has 0 saturated carbocycles. The quantitative estimate of drug-likeness (QED) is 0.723. The molecule has 0 amide bonds. The van der Waals surface area contributed by atoms with Crippen LogP contribution in [-0.2, 0) is 11.2 Å². The van der Waals surface area contributed by atoms with Crippen LogP contribution in [0.3, 0.4) is 0 Å². The summed E-state index contributed by atoms with van der Waals surface area (Å²) in [6.45, 7) is 2.01. The van der Waals surface area contributed by atoms with E-state index in [-0.39, 0.29) is 11.9 Å². The molecule has 0 N–H and O–H groups in total. The normalized spacial score (nSPS) is 17.3. The van der Waals surface area contributed by atoms with E-state index >= 15 is 0 Å². The van der Waals surface area contributed by atoms with Crippen LogP contribution < -0.4 is 4.90 Å². The summed E-state index contributed by atoms with van der Waals surface area (Å²) in [6, 6.07) is 12.6. The first-order chi connectivity index (χ1) is 12.8. The van der Waals surface area contributed by atoms with Gasteiger partial charge in [-0.25, -0.2) is 14.4 Å². The standard InChI is InChI=1S/C20H19FN4O/c21-17-5-2-1-4-16(17)12-15-6-7-18(24-13-15)19-14-25(10-11-26-19)20-22-8-3-9-23-20/h1-9,13,19H,10-12,14H2. The topological polar surface area (TPSA) is 51.1 Å². The van der Waals surface area contributed by atoms with E-state index < -0.39 is 0 Å². The molecule has 0 spiro atoms. The molecule has 132 valence electrons. The highest BCUT2D eigenvalue weighted by molar-refractivity contribution is 5.31. The molecule has 1 fully saturated rings. The first kappa shape index (κ1) is 16.6. The zero-order valence-electron chi connectivity index (χ0n) is 14.3. The van der Waals surface area contributed by atoms with Gasteiger partial charge < -0.3 is 9.64 Å². The summed E-state index contributed by atoms with van der Waals surface area (Å²) in [5.41, 5.74) is 2.50. The highest BCUT2D eigenvalue weighted by Crippen LogP contribution is 2.23. The summed E-state index contributed by atoms with van der Waals surface area (Å²) in [5.74, 6) is 0.516. The Hall–Kier alpha value is -2.86. The second-order valence-corrected chi connectivity index (χ2v) is 6.21. The lowest BCUT2D eigenvalue weighted by Crippen LogP contribution is -2.39. The van der Waals surface area contributed by atoms with Gasteiger partial charge in [-0.3, -0.25) is 4.98 Å². The van der Waals surface area contributed by atoms with Crippen molar-refractivity contribution in [2.45, 2.75) is 12.5 Å². The Balaban J connectivity index is 1.45. The Morgan fingerprint density at radius 2 is 1.88 bits per heavy atom. The number of halogens is 1. The van der Waals surface area contributed by atoms with E-state index in [4.69, 9.17) is 4.74 Å². The van der Waals surface area contributed by atoms with Crippen LogP contribution in [0.15, 0.2) is 61.1 Å². The summed E-state index contributed by atoms with van der Waals surface area (Å²) in [7, 11) is 0. The molecule has 0 bridgehead atoms. The predicted octanol–water partition coefficient (Wildman–Crippen LogP) is 3.18. The molecule has 1 aromatic carbocycles. The molecule has 1 saturated heterocycles. The minimum absolute atomic E-state index is 0.130. The van der Waals surface area contributed by atoms with Gasteiger partial charge in [0.15, 0.2) is 0 Å². The average Bonchev–Trinajstić information content (AvgIpc) is 2.71. The van der Waals surface area contributed by atoms with Crippen LogP contribution in [0.2, 0.25) is 0 Å². The molecule has 4 rings (SSSR count). The number of pyridine rings is 1. The van der Waals surface area contributed by atoms with Crippen LogP contribution in [0, 0.1) is 5.82 Å². The zero-order valence-corrected chi connectivity index (χ0v) is 14.3. The van der Waals surface area contributed by atoms with Gasteiger partial charge in [0, 0.05) is 31.6 Å². The molecular weight excluding hydrogens is 331 g/mol. The van der Waals surface area contributed by atoms with E-state index in [1.807, 2.05) is 18.2 Å². The maximum absolute atomic E-state index is 13.8. The van der Waals surface area contributed by atoms with E-state index in [0.29, 0.717) is 31.1 Å². The van der Waals surface area contributed by atoms with Crippen LogP contribution >= 0.6 is 0 Å². The Bertz CT molecular complexity index is 857. The van der Waals surface area contributed by atoms with E-state index in [1.54, 1.807) is 36.8 Å². The molecule has 5 nitrogen and oxygen atoms in total. The number of anilines is 1. The summed E-state index contributed by atoms with van der Waals surface area (Å²) in [5, 5.41) is 0. The van der Waals surface area contributed by atoms with Gasteiger partial charge in [-0.05, 0) is 29.3 Å². The number of nitrogens with zero attached hydrogens (tertiary/aromatic N) is 4. The van der Waals surface area contributed by atoms with Crippen molar-refractivity contribution in [1.29, 1.82) is 0 Å². The lowest BCUT2D eigenvalue weighted by Gasteiger charge is -2.32. The van der Waals surface area contributed by atoms with Gasteiger partial charge in [0.05, 0.1) is 18.8 Å². The third-order valence-corrected chi connectivity index (χ3v) is 4.43. The van der Waals surface area contributed by atoms with Crippen LogP contribution in [-0.4, -0.2) is 34.6 Å². The highest BCUT2D eigenvalue weighted by Gasteiger charge is 2.24. The van der Waals surface area contributed by atoms with E-state index in [2.05, 4.69) is 19.9 Å². The third-order valence-electron chi connectivity index (χ3n) is 4.43. The van der Waals surface area contributed by atoms with Crippen LogP contribution in [0.25, 0.3) is 0 Å². The molecule has 26 heavy (non-hydrogen) atoms. The molecule has 1 aliphatic rings. The molecule has 0 aliphatic carbocycles. The first-order valence-corrected chi connectivity index (χ1v) is 8.61. The molecular formula is C20H19FN4O. The number of hydrogen-bond donors (Lipinski definition) is 0. The summed E-state index contributed by atoms with van der Waals surface area (Å²) >= 11 is 0. The predicted molar refractivity (Wildman–Crippen MR) is 96.4 cm³/mol.